The molecule has 2 aromatic rings. The van der Waals surface area contributed by atoms with Crippen molar-refractivity contribution in [2.24, 2.45) is 0 Å². The largest absolute Gasteiger partial charge is 0.372 e. The Hall–Kier alpha value is -1.99. The molecular weight excluding hydrogens is 401 g/mol. The molecule has 2 N–H and O–H groups in total. The molecule has 0 aliphatic heterocycles. The summed E-state index contributed by atoms with van der Waals surface area (Å²) in [6, 6.07) is 2.77. The molecule has 7 nitrogen and oxygen atoms in total. The predicted octanol–water partition coefficient (Wildman–Crippen LogP) is 3.77. The number of nitrogens with zero attached hydrogens (tertiary/aromatic N) is 3. The minimum absolute atomic E-state index is 0.0312. The lowest BCUT2D eigenvalue weighted by Gasteiger charge is -2.21. The number of aromatic nitrogens is 3. The lowest BCUT2D eigenvalue weighted by molar-refractivity contribution is -0.122. The summed E-state index contributed by atoms with van der Waals surface area (Å²) < 4.78 is 2.87. The Morgan fingerprint density at radius 2 is 1.89 bits per heavy atom. The van der Waals surface area contributed by atoms with Crippen molar-refractivity contribution in [1.29, 1.82) is 0 Å². The molecule has 1 aromatic carbocycles. The van der Waals surface area contributed by atoms with Crippen LogP contribution in [0.2, 0.25) is 10.0 Å². The van der Waals surface area contributed by atoms with Gasteiger partial charge in [0.25, 0.3) is 0 Å². The topological polar surface area (TPSA) is 81.0 Å². The van der Waals surface area contributed by atoms with Crippen LogP contribution in [0.4, 0.5) is 5.69 Å². The van der Waals surface area contributed by atoms with E-state index >= 15 is 0 Å². The van der Waals surface area contributed by atoms with Crippen molar-refractivity contribution in [2.75, 3.05) is 5.32 Å². The van der Waals surface area contributed by atoms with E-state index in [1.165, 1.54) is 4.68 Å². The fraction of sp³-hybridized carbons (Fsp3) is 0.526. The molecule has 0 saturated heterocycles. The first-order valence-corrected chi connectivity index (χ1v) is 10.2. The van der Waals surface area contributed by atoms with Crippen molar-refractivity contribution < 1.29 is 4.79 Å². The number of anilines is 1. The highest BCUT2D eigenvalue weighted by atomic mass is 35.5. The maximum atomic E-state index is 12.7. The van der Waals surface area contributed by atoms with Crippen LogP contribution >= 0.6 is 23.2 Å². The number of hydrogen-bond acceptors (Lipinski definition) is 4. The molecule has 1 unspecified atom stereocenters. The lowest BCUT2D eigenvalue weighted by atomic mass is 10.1. The standard InChI is InChI=1S/C19H27Cl2N5O2/c1-6-8-25-12(5)24-26(19(25)28)17-10-16(13(20)9-14(17)21)23-15(7-2)18(27)22-11(3)4/h9-11,15,23H,6-8H2,1-5H3,(H,22,27). The van der Waals surface area contributed by atoms with E-state index in [2.05, 4.69) is 15.7 Å². The zero-order valence-electron chi connectivity index (χ0n) is 16.8. The monoisotopic (exact) mass is 427 g/mol. The summed E-state index contributed by atoms with van der Waals surface area (Å²) in [5, 5.41) is 11.0. The minimum Gasteiger partial charge on any atom is -0.372 e. The van der Waals surface area contributed by atoms with Gasteiger partial charge < -0.3 is 10.6 Å². The van der Waals surface area contributed by atoms with Gasteiger partial charge in [0.15, 0.2) is 0 Å². The molecule has 0 saturated carbocycles. The van der Waals surface area contributed by atoms with Crippen LogP contribution in [0.1, 0.15) is 46.4 Å². The number of carbonyl (C=O) groups is 1. The van der Waals surface area contributed by atoms with E-state index in [1.54, 1.807) is 23.6 Å². The van der Waals surface area contributed by atoms with Crippen molar-refractivity contribution >= 4 is 34.8 Å². The fourth-order valence-electron chi connectivity index (χ4n) is 2.87. The average Bonchev–Trinajstić information content (AvgIpc) is 2.89. The van der Waals surface area contributed by atoms with E-state index in [-0.39, 0.29) is 17.6 Å². The van der Waals surface area contributed by atoms with Gasteiger partial charge in [0.2, 0.25) is 5.91 Å². The number of rotatable bonds is 8. The number of nitrogens with one attached hydrogen (secondary N) is 2. The third-order valence-electron chi connectivity index (χ3n) is 4.24. The Morgan fingerprint density at radius 3 is 2.46 bits per heavy atom. The molecule has 2 rings (SSSR count). The van der Waals surface area contributed by atoms with Crippen molar-refractivity contribution in [3.63, 3.8) is 0 Å². The van der Waals surface area contributed by atoms with Crippen LogP contribution in [0, 0.1) is 6.92 Å². The van der Waals surface area contributed by atoms with E-state index in [1.807, 2.05) is 27.7 Å². The van der Waals surface area contributed by atoms with E-state index in [0.29, 0.717) is 40.2 Å². The van der Waals surface area contributed by atoms with Gasteiger partial charge in [0.05, 0.1) is 21.4 Å². The Morgan fingerprint density at radius 1 is 1.21 bits per heavy atom. The van der Waals surface area contributed by atoms with Crippen LogP contribution in [0.15, 0.2) is 16.9 Å². The third-order valence-corrected chi connectivity index (χ3v) is 4.86. The van der Waals surface area contributed by atoms with Crippen LogP contribution in [-0.2, 0) is 11.3 Å². The second-order valence-electron chi connectivity index (χ2n) is 6.95. The van der Waals surface area contributed by atoms with Gasteiger partial charge in [-0.05, 0) is 45.7 Å². The van der Waals surface area contributed by atoms with Crippen LogP contribution in [0.5, 0.6) is 0 Å². The highest BCUT2D eigenvalue weighted by Crippen LogP contribution is 2.31. The van der Waals surface area contributed by atoms with E-state index in [4.69, 9.17) is 23.2 Å². The Kier molecular flexibility index (Phi) is 7.55. The van der Waals surface area contributed by atoms with Crippen molar-refractivity contribution in [3.8, 4) is 5.69 Å². The van der Waals surface area contributed by atoms with E-state index in [0.717, 1.165) is 6.42 Å². The second-order valence-corrected chi connectivity index (χ2v) is 7.76. The van der Waals surface area contributed by atoms with E-state index < -0.39 is 6.04 Å². The molecule has 1 amide bonds. The molecule has 1 heterocycles. The molecule has 0 spiro atoms. The maximum absolute atomic E-state index is 12.7. The minimum atomic E-state index is -0.468. The molecule has 28 heavy (non-hydrogen) atoms. The Bertz CT molecular complexity index is 904. The fourth-order valence-corrected chi connectivity index (χ4v) is 3.39. The molecule has 0 aliphatic carbocycles. The first-order valence-electron chi connectivity index (χ1n) is 9.42. The molecule has 1 atom stereocenters. The predicted molar refractivity (Wildman–Crippen MR) is 114 cm³/mol. The zero-order valence-corrected chi connectivity index (χ0v) is 18.4. The summed E-state index contributed by atoms with van der Waals surface area (Å²) in [6.45, 7) is 10.1. The molecule has 0 aliphatic rings. The lowest BCUT2D eigenvalue weighted by Crippen LogP contribution is -2.42. The van der Waals surface area contributed by atoms with Gasteiger partial charge in [0, 0.05) is 12.6 Å². The van der Waals surface area contributed by atoms with Gasteiger partial charge in [-0.2, -0.15) is 9.78 Å². The van der Waals surface area contributed by atoms with E-state index in [9.17, 15) is 9.59 Å². The number of benzene rings is 1. The SMILES string of the molecule is CCCn1c(C)nn(-c2cc(NC(CC)C(=O)NC(C)C)c(Cl)cc2Cl)c1=O. The highest BCUT2D eigenvalue weighted by Gasteiger charge is 2.20. The Balaban J connectivity index is 2.44. The van der Waals surface area contributed by atoms with Gasteiger partial charge in [0.1, 0.15) is 11.9 Å². The maximum Gasteiger partial charge on any atom is 0.350 e. The molecule has 1 aromatic heterocycles. The summed E-state index contributed by atoms with van der Waals surface area (Å²) in [7, 11) is 0. The zero-order chi connectivity index (χ0) is 21.0. The summed E-state index contributed by atoms with van der Waals surface area (Å²) >= 11 is 12.7. The number of halogens is 2. The molecule has 154 valence electrons. The van der Waals surface area contributed by atoms with Gasteiger partial charge in [-0.15, -0.1) is 0 Å². The number of hydrogen-bond donors (Lipinski definition) is 2. The summed E-state index contributed by atoms with van der Waals surface area (Å²) in [6.07, 6.45) is 1.38. The first-order chi connectivity index (χ1) is 13.2. The summed E-state index contributed by atoms with van der Waals surface area (Å²) in [5.74, 6) is 0.487. The summed E-state index contributed by atoms with van der Waals surface area (Å²) in [5.41, 5.74) is 0.663. The van der Waals surface area contributed by atoms with Crippen LogP contribution < -0.4 is 16.3 Å². The van der Waals surface area contributed by atoms with Gasteiger partial charge in [-0.25, -0.2) is 4.79 Å². The van der Waals surface area contributed by atoms with Crippen molar-refractivity contribution in [3.05, 3.63) is 38.5 Å². The molecular formula is C19H27Cl2N5O2. The van der Waals surface area contributed by atoms with Gasteiger partial charge in [-0.1, -0.05) is 37.0 Å². The number of amides is 1. The summed E-state index contributed by atoms with van der Waals surface area (Å²) in [4.78, 5) is 25.1. The number of aryl methyl sites for hydroxylation is 1. The van der Waals surface area contributed by atoms with Gasteiger partial charge >= 0.3 is 5.69 Å². The molecule has 0 bridgehead atoms. The normalized spacial score (nSPS) is 12.3. The molecule has 0 radical (unpaired) electrons. The quantitative estimate of drug-likeness (QED) is 0.671. The third kappa shape index (κ3) is 4.89. The van der Waals surface area contributed by atoms with Crippen molar-refractivity contribution in [2.45, 2.75) is 66.1 Å². The average molecular weight is 428 g/mol. The first kappa shape index (κ1) is 22.3. The smallest absolute Gasteiger partial charge is 0.350 e. The molecule has 9 heteroatoms. The Labute approximate surface area is 175 Å². The van der Waals surface area contributed by atoms with Crippen LogP contribution in [-0.4, -0.2) is 32.3 Å². The van der Waals surface area contributed by atoms with Crippen molar-refractivity contribution in [1.82, 2.24) is 19.7 Å². The number of carbonyl (C=O) groups excluding carboxylic acids is 1. The highest BCUT2D eigenvalue weighted by molar-refractivity contribution is 6.37. The van der Waals surface area contributed by atoms with Crippen LogP contribution in [0.25, 0.3) is 5.69 Å². The van der Waals surface area contributed by atoms with Crippen LogP contribution in [0.3, 0.4) is 0 Å². The van der Waals surface area contributed by atoms with Gasteiger partial charge in [-0.3, -0.25) is 9.36 Å². The second kappa shape index (κ2) is 9.47. The molecule has 0 fully saturated rings.